The van der Waals surface area contributed by atoms with Crippen LogP contribution < -0.4 is 14.5 Å². The number of likely N-dealkylation sites (tertiary alicyclic amines) is 1. The second kappa shape index (κ2) is 12.0. The topological polar surface area (TPSA) is 88.8 Å². The number of nitriles is 1. The number of likely N-dealkylation sites (N-methyl/N-ethyl adjacent to an activating group) is 1. The SMILES string of the molecule is C=CC(=O)N1C[C@H](C)N(c2nc(OC[C@@H]3CCCN3C)nc3c2CCN(c2cccc4ccccc24)C3)C[C@@H]1CC#N. The van der Waals surface area contributed by atoms with Crippen LogP contribution >= 0.6 is 0 Å². The van der Waals surface area contributed by atoms with Gasteiger partial charge in [-0.15, -0.1) is 0 Å². The van der Waals surface area contributed by atoms with Crippen molar-refractivity contribution in [2.24, 2.45) is 0 Å². The molecule has 218 valence electrons. The van der Waals surface area contributed by atoms with E-state index in [0.717, 1.165) is 43.0 Å². The molecule has 4 heterocycles. The lowest BCUT2D eigenvalue weighted by Crippen LogP contribution is -2.59. The average Bonchev–Trinajstić information content (AvgIpc) is 3.43. The zero-order valence-corrected chi connectivity index (χ0v) is 24.6. The van der Waals surface area contributed by atoms with Crippen LogP contribution in [0.4, 0.5) is 11.5 Å². The van der Waals surface area contributed by atoms with Crippen LogP contribution in [0.2, 0.25) is 0 Å². The highest BCUT2D eigenvalue weighted by molar-refractivity contribution is 5.94. The predicted molar refractivity (Wildman–Crippen MR) is 165 cm³/mol. The summed E-state index contributed by atoms with van der Waals surface area (Å²) in [6, 6.07) is 17.8. The third kappa shape index (κ3) is 5.39. The van der Waals surface area contributed by atoms with Crippen LogP contribution in [0.5, 0.6) is 6.01 Å². The van der Waals surface area contributed by atoms with Gasteiger partial charge in [0, 0.05) is 48.4 Å². The molecule has 0 bridgehead atoms. The predicted octanol–water partition coefficient (Wildman–Crippen LogP) is 4.17. The smallest absolute Gasteiger partial charge is 0.318 e. The molecule has 9 heteroatoms. The summed E-state index contributed by atoms with van der Waals surface area (Å²) >= 11 is 0. The molecule has 2 saturated heterocycles. The molecule has 0 radical (unpaired) electrons. The Balaban J connectivity index is 1.35. The average molecular weight is 566 g/mol. The molecule has 0 spiro atoms. The second-order valence-corrected chi connectivity index (χ2v) is 11.7. The number of fused-ring (bicyclic) bond motifs is 2. The van der Waals surface area contributed by atoms with E-state index in [9.17, 15) is 10.1 Å². The van der Waals surface area contributed by atoms with E-state index in [1.54, 1.807) is 4.90 Å². The maximum Gasteiger partial charge on any atom is 0.318 e. The molecule has 9 nitrogen and oxygen atoms in total. The first-order valence-electron chi connectivity index (χ1n) is 15.0. The summed E-state index contributed by atoms with van der Waals surface area (Å²) < 4.78 is 6.32. The van der Waals surface area contributed by atoms with E-state index in [-0.39, 0.29) is 24.4 Å². The summed E-state index contributed by atoms with van der Waals surface area (Å²) in [5, 5.41) is 12.0. The molecule has 3 aromatic rings. The summed E-state index contributed by atoms with van der Waals surface area (Å²) in [5.74, 6) is 0.732. The molecule has 0 N–H and O–H groups in total. The van der Waals surface area contributed by atoms with Crippen molar-refractivity contribution in [3.63, 3.8) is 0 Å². The number of carbonyl (C=O) groups excluding carboxylic acids is 1. The highest BCUT2D eigenvalue weighted by Crippen LogP contribution is 2.36. The number of anilines is 2. The molecule has 2 aromatic carbocycles. The molecular formula is C33H39N7O2. The number of rotatable bonds is 7. The molecule has 0 saturated carbocycles. The minimum atomic E-state index is -0.241. The third-order valence-electron chi connectivity index (χ3n) is 9.10. The van der Waals surface area contributed by atoms with Gasteiger partial charge in [0.2, 0.25) is 5.91 Å². The number of carbonyl (C=O) groups is 1. The van der Waals surface area contributed by atoms with Crippen LogP contribution in [0.1, 0.15) is 37.4 Å². The minimum Gasteiger partial charge on any atom is -0.462 e. The molecule has 3 aliphatic heterocycles. The normalized spacial score (nSPS) is 22.6. The minimum absolute atomic E-state index is 0.00718. The molecule has 6 rings (SSSR count). The van der Waals surface area contributed by atoms with E-state index in [2.05, 4.69) is 83.8 Å². The number of piperazine rings is 1. The third-order valence-corrected chi connectivity index (χ3v) is 9.10. The van der Waals surface area contributed by atoms with Crippen LogP contribution in [0, 0.1) is 11.3 Å². The van der Waals surface area contributed by atoms with Gasteiger partial charge in [-0.1, -0.05) is 43.0 Å². The number of hydrogen-bond donors (Lipinski definition) is 0. The van der Waals surface area contributed by atoms with Gasteiger partial charge in [0.25, 0.3) is 0 Å². The van der Waals surface area contributed by atoms with E-state index >= 15 is 0 Å². The van der Waals surface area contributed by atoms with Gasteiger partial charge in [0.15, 0.2) is 0 Å². The Kier molecular flexibility index (Phi) is 7.98. The highest BCUT2D eigenvalue weighted by atomic mass is 16.5. The zero-order chi connectivity index (χ0) is 29.2. The molecular weight excluding hydrogens is 526 g/mol. The van der Waals surface area contributed by atoms with Gasteiger partial charge in [-0.25, -0.2) is 0 Å². The number of benzene rings is 2. The Morgan fingerprint density at radius 1 is 1.14 bits per heavy atom. The highest BCUT2D eigenvalue weighted by Gasteiger charge is 2.37. The largest absolute Gasteiger partial charge is 0.462 e. The van der Waals surface area contributed by atoms with Crippen LogP contribution in [0.15, 0.2) is 55.1 Å². The lowest BCUT2D eigenvalue weighted by molar-refractivity contribution is -0.129. The molecule has 0 unspecified atom stereocenters. The maximum absolute atomic E-state index is 12.7. The Bertz CT molecular complexity index is 1510. The molecule has 1 aromatic heterocycles. The van der Waals surface area contributed by atoms with Crippen molar-refractivity contribution in [2.75, 3.05) is 49.6 Å². The quantitative estimate of drug-likeness (QED) is 0.395. The van der Waals surface area contributed by atoms with Crippen molar-refractivity contribution < 1.29 is 9.53 Å². The fourth-order valence-corrected chi connectivity index (χ4v) is 6.74. The monoisotopic (exact) mass is 565 g/mol. The van der Waals surface area contributed by atoms with Crippen LogP contribution in [0.3, 0.4) is 0 Å². The summed E-state index contributed by atoms with van der Waals surface area (Å²) in [4.78, 5) is 31.5. The molecule has 0 aliphatic carbocycles. The van der Waals surface area contributed by atoms with Crippen molar-refractivity contribution in [1.29, 1.82) is 5.26 Å². The van der Waals surface area contributed by atoms with Gasteiger partial charge in [0.1, 0.15) is 12.4 Å². The van der Waals surface area contributed by atoms with Gasteiger partial charge in [-0.3, -0.25) is 4.79 Å². The van der Waals surface area contributed by atoms with Gasteiger partial charge in [0.05, 0.1) is 30.8 Å². The first kappa shape index (κ1) is 28.0. The fraction of sp³-hybridized carbons (Fsp3) is 0.455. The Morgan fingerprint density at radius 2 is 1.98 bits per heavy atom. The molecule has 3 atom stereocenters. The number of ether oxygens (including phenoxy) is 1. The van der Waals surface area contributed by atoms with E-state index in [4.69, 9.17) is 14.7 Å². The van der Waals surface area contributed by atoms with Crippen LogP contribution in [-0.2, 0) is 17.8 Å². The lowest BCUT2D eigenvalue weighted by Gasteiger charge is -2.46. The number of hydrogen-bond acceptors (Lipinski definition) is 8. The van der Waals surface area contributed by atoms with Crippen LogP contribution in [-0.4, -0.2) is 83.6 Å². The maximum atomic E-state index is 12.7. The van der Waals surface area contributed by atoms with Gasteiger partial charge in [-0.2, -0.15) is 15.2 Å². The Labute approximate surface area is 248 Å². The number of nitrogens with zero attached hydrogens (tertiary/aromatic N) is 7. The second-order valence-electron chi connectivity index (χ2n) is 11.7. The van der Waals surface area contributed by atoms with Gasteiger partial charge >= 0.3 is 6.01 Å². The summed E-state index contributed by atoms with van der Waals surface area (Å²) in [6.07, 6.45) is 4.66. The van der Waals surface area contributed by atoms with E-state index in [0.29, 0.717) is 38.3 Å². The molecule has 3 aliphatic rings. The van der Waals surface area contributed by atoms with Gasteiger partial charge < -0.3 is 24.3 Å². The first-order chi connectivity index (χ1) is 20.5. The molecule has 1 amide bonds. The van der Waals surface area contributed by atoms with E-state index in [1.807, 2.05) is 0 Å². The Hall–Kier alpha value is -4.16. The Morgan fingerprint density at radius 3 is 2.76 bits per heavy atom. The molecule has 42 heavy (non-hydrogen) atoms. The van der Waals surface area contributed by atoms with Crippen molar-refractivity contribution >= 4 is 28.2 Å². The number of amides is 1. The standard InChI is InChI=1S/C33H39N7O2/c1-4-31(41)40-19-23(2)39(20-25(40)14-16-34)32-28-15-18-38(30-13-7-10-24-9-5-6-12-27(24)30)21-29(28)35-33(36-32)42-22-26-11-8-17-37(26)3/h4-7,9-10,12-13,23,25-26H,1,8,11,14-15,17-22H2,2-3H3/t23-,25-,26-/m0/s1. The summed E-state index contributed by atoms with van der Waals surface area (Å²) in [6.45, 7) is 9.94. The zero-order valence-electron chi connectivity index (χ0n) is 24.6. The lowest BCUT2D eigenvalue weighted by atomic mass is 9.99. The summed E-state index contributed by atoms with van der Waals surface area (Å²) in [5.41, 5.74) is 3.30. The molecule has 2 fully saturated rings. The van der Waals surface area contributed by atoms with Gasteiger partial charge in [-0.05, 0) is 57.3 Å². The van der Waals surface area contributed by atoms with E-state index < -0.39 is 0 Å². The summed E-state index contributed by atoms with van der Waals surface area (Å²) in [7, 11) is 2.14. The van der Waals surface area contributed by atoms with E-state index in [1.165, 1.54) is 29.0 Å². The first-order valence-corrected chi connectivity index (χ1v) is 15.0. The van der Waals surface area contributed by atoms with Crippen molar-refractivity contribution in [3.8, 4) is 12.1 Å². The van der Waals surface area contributed by atoms with Crippen molar-refractivity contribution in [2.45, 2.75) is 57.3 Å². The fourth-order valence-electron chi connectivity index (χ4n) is 6.74. The van der Waals surface area contributed by atoms with Crippen molar-refractivity contribution in [3.05, 3.63) is 66.4 Å². The number of aromatic nitrogens is 2. The van der Waals surface area contributed by atoms with Crippen molar-refractivity contribution in [1.82, 2.24) is 19.8 Å². The van der Waals surface area contributed by atoms with Crippen LogP contribution in [0.25, 0.3) is 10.8 Å².